The van der Waals surface area contributed by atoms with Crippen LogP contribution in [0.15, 0.2) is 57.5 Å². The van der Waals surface area contributed by atoms with Gasteiger partial charge in [0.1, 0.15) is 17.0 Å². The number of hydrogen-bond acceptors (Lipinski definition) is 6. The monoisotopic (exact) mass is 349 g/mol. The summed E-state index contributed by atoms with van der Waals surface area (Å²) in [6, 6.07) is 14.5. The molecule has 1 aromatic carbocycles. The van der Waals surface area contributed by atoms with Crippen LogP contribution in [0.2, 0.25) is 0 Å². The number of fused-ring (bicyclic) bond motifs is 1. The number of benzene rings is 1. The quantitative estimate of drug-likeness (QED) is 0.610. The molecule has 26 heavy (non-hydrogen) atoms. The van der Waals surface area contributed by atoms with Crippen LogP contribution in [-0.4, -0.2) is 46.3 Å². The largest absolute Gasteiger partial charge is 0.458 e. The number of furan rings is 1. The van der Waals surface area contributed by atoms with Crippen molar-refractivity contribution in [3.8, 4) is 11.5 Å². The first-order valence-corrected chi connectivity index (χ1v) is 8.76. The molecule has 7 nitrogen and oxygen atoms in total. The first-order chi connectivity index (χ1) is 12.8. The van der Waals surface area contributed by atoms with Crippen molar-refractivity contribution in [3.05, 3.63) is 54.4 Å². The fourth-order valence-corrected chi connectivity index (χ4v) is 3.31. The van der Waals surface area contributed by atoms with Gasteiger partial charge in [0.25, 0.3) is 6.01 Å². The number of anilines is 1. The molecule has 0 aliphatic carbocycles. The number of H-pyrrole nitrogens is 1. The van der Waals surface area contributed by atoms with Gasteiger partial charge >= 0.3 is 0 Å². The van der Waals surface area contributed by atoms with Gasteiger partial charge < -0.3 is 13.7 Å². The predicted molar refractivity (Wildman–Crippen MR) is 97.8 cm³/mol. The third-order valence-corrected chi connectivity index (χ3v) is 4.73. The standard InChI is InChI=1S/C19H19N5O2/c1-2-4-17-15(3-1)21-19(26-17)24-11-9-23(10-12-24)13-14-5-6-18(25-14)16-7-8-20-22-16/h1-8H,9-13H2,(H,20,22). The summed E-state index contributed by atoms with van der Waals surface area (Å²) in [5.74, 6) is 1.78. The van der Waals surface area contributed by atoms with Crippen LogP contribution in [0.1, 0.15) is 5.76 Å². The Morgan fingerprint density at radius 2 is 1.85 bits per heavy atom. The van der Waals surface area contributed by atoms with Gasteiger partial charge in [-0.05, 0) is 30.3 Å². The Hall–Kier alpha value is -3.06. The molecule has 7 heteroatoms. The average molecular weight is 349 g/mol. The van der Waals surface area contributed by atoms with Crippen LogP contribution in [0.5, 0.6) is 0 Å². The van der Waals surface area contributed by atoms with Crippen molar-refractivity contribution in [3.63, 3.8) is 0 Å². The Balaban J connectivity index is 1.22. The van der Waals surface area contributed by atoms with E-state index in [9.17, 15) is 0 Å². The third-order valence-electron chi connectivity index (χ3n) is 4.73. The number of hydrogen-bond donors (Lipinski definition) is 1. The molecule has 0 spiro atoms. The number of rotatable bonds is 4. The summed E-state index contributed by atoms with van der Waals surface area (Å²) < 4.78 is 11.8. The maximum Gasteiger partial charge on any atom is 0.298 e. The van der Waals surface area contributed by atoms with Gasteiger partial charge in [0.05, 0.1) is 6.54 Å². The highest BCUT2D eigenvalue weighted by atomic mass is 16.4. The lowest BCUT2D eigenvalue weighted by Gasteiger charge is -2.33. The summed E-state index contributed by atoms with van der Waals surface area (Å²) in [5, 5.41) is 6.88. The van der Waals surface area contributed by atoms with E-state index in [2.05, 4.69) is 25.0 Å². The van der Waals surface area contributed by atoms with Crippen LogP contribution in [0.4, 0.5) is 6.01 Å². The predicted octanol–water partition coefficient (Wildman–Crippen LogP) is 3.13. The lowest BCUT2D eigenvalue weighted by atomic mass is 10.3. The van der Waals surface area contributed by atoms with Crippen molar-refractivity contribution in [1.82, 2.24) is 20.1 Å². The number of para-hydroxylation sites is 2. The SMILES string of the molecule is c1ccc2oc(N3CCN(Cc4ccc(-c5ccn[nH]5)o4)CC3)nc2c1. The molecule has 0 radical (unpaired) electrons. The molecular weight excluding hydrogens is 330 g/mol. The summed E-state index contributed by atoms with van der Waals surface area (Å²) in [6.07, 6.45) is 1.73. The molecule has 1 N–H and O–H groups in total. The number of aromatic nitrogens is 3. The van der Waals surface area contributed by atoms with Gasteiger partial charge in [0.2, 0.25) is 0 Å². The molecule has 4 aromatic rings. The van der Waals surface area contributed by atoms with Gasteiger partial charge in [-0.2, -0.15) is 10.1 Å². The summed E-state index contributed by atoms with van der Waals surface area (Å²) in [6.45, 7) is 4.47. The Morgan fingerprint density at radius 1 is 0.962 bits per heavy atom. The van der Waals surface area contributed by atoms with Crippen molar-refractivity contribution in [2.45, 2.75) is 6.54 Å². The molecule has 4 heterocycles. The Kier molecular flexibility index (Phi) is 3.71. The highest BCUT2D eigenvalue weighted by Gasteiger charge is 2.22. The molecule has 0 bridgehead atoms. The molecule has 132 valence electrons. The van der Waals surface area contributed by atoms with Crippen LogP contribution >= 0.6 is 0 Å². The topological polar surface area (TPSA) is 74.3 Å². The van der Waals surface area contributed by atoms with E-state index >= 15 is 0 Å². The maximum absolute atomic E-state index is 5.92. The normalized spacial score (nSPS) is 15.8. The first-order valence-electron chi connectivity index (χ1n) is 8.76. The van der Waals surface area contributed by atoms with E-state index in [1.165, 1.54) is 0 Å². The first kappa shape index (κ1) is 15.2. The number of aromatic amines is 1. The van der Waals surface area contributed by atoms with Crippen molar-refractivity contribution in [2.24, 2.45) is 0 Å². The number of nitrogens with one attached hydrogen (secondary N) is 1. The molecule has 1 fully saturated rings. The highest BCUT2D eigenvalue weighted by molar-refractivity contribution is 5.74. The maximum atomic E-state index is 5.92. The van der Waals surface area contributed by atoms with E-state index in [0.717, 1.165) is 61.0 Å². The second-order valence-electron chi connectivity index (χ2n) is 6.46. The number of piperazine rings is 1. The zero-order valence-corrected chi connectivity index (χ0v) is 14.3. The summed E-state index contributed by atoms with van der Waals surface area (Å²) in [5.41, 5.74) is 2.65. The summed E-state index contributed by atoms with van der Waals surface area (Å²) >= 11 is 0. The zero-order valence-electron chi connectivity index (χ0n) is 14.3. The van der Waals surface area contributed by atoms with Gasteiger partial charge in [-0.15, -0.1) is 0 Å². The van der Waals surface area contributed by atoms with Crippen LogP contribution in [0.25, 0.3) is 22.6 Å². The van der Waals surface area contributed by atoms with Crippen molar-refractivity contribution in [1.29, 1.82) is 0 Å². The third kappa shape index (κ3) is 2.86. The number of oxazole rings is 1. The van der Waals surface area contributed by atoms with Gasteiger partial charge in [-0.3, -0.25) is 10.00 Å². The van der Waals surface area contributed by atoms with Crippen LogP contribution < -0.4 is 4.90 Å². The second kappa shape index (κ2) is 6.34. The second-order valence-corrected chi connectivity index (χ2v) is 6.46. The van der Waals surface area contributed by atoms with Crippen molar-refractivity contribution >= 4 is 17.1 Å². The fraction of sp³-hybridized carbons (Fsp3) is 0.263. The Bertz CT molecular complexity index is 963. The Morgan fingerprint density at radius 3 is 2.65 bits per heavy atom. The molecule has 0 atom stereocenters. The van der Waals surface area contributed by atoms with Crippen molar-refractivity contribution in [2.75, 3.05) is 31.1 Å². The summed E-state index contributed by atoms with van der Waals surface area (Å²) in [4.78, 5) is 9.18. The highest BCUT2D eigenvalue weighted by Crippen LogP contribution is 2.24. The molecule has 5 rings (SSSR count). The molecular formula is C19H19N5O2. The van der Waals surface area contributed by atoms with Gasteiger partial charge in [0.15, 0.2) is 11.3 Å². The van der Waals surface area contributed by atoms with Crippen LogP contribution in [0.3, 0.4) is 0 Å². The van der Waals surface area contributed by atoms with Gasteiger partial charge in [-0.25, -0.2) is 0 Å². The average Bonchev–Trinajstić information content (AvgIpc) is 3.42. The summed E-state index contributed by atoms with van der Waals surface area (Å²) in [7, 11) is 0. The fourth-order valence-electron chi connectivity index (χ4n) is 3.31. The van der Waals surface area contributed by atoms with Crippen LogP contribution in [0, 0.1) is 0 Å². The van der Waals surface area contributed by atoms with E-state index in [0.29, 0.717) is 6.01 Å². The molecule has 0 amide bonds. The molecule has 1 aliphatic rings. The lowest BCUT2D eigenvalue weighted by molar-refractivity contribution is 0.228. The minimum Gasteiger partial charge on any atom is -0.458 e. The van der Waals surface area contributed by atoms with E-state index in [1.54, 1.807) is 6.20 Å². The molecule has 3 aromatic heterocycles. The molecule has 1 aliphatic heterocycles. The van der Waals surface area contributed by atoms with E-state index in [1.807, 2.05) is 42.5 Å². The van der Waals surface area contributed by atoms with Crippen molar-refractivity contribution < 1.29 is 8.83 Å². The van der Waals surface area contributed by atoms with E-state index in [-0.39, 0.29) is 0 Å². The van der Waals surface area contributed by atoms with E-state index < -0.39 is 0 Å². The smallest absolute Gasteiger partial charge is 0.298 e. The zero-order chi connectivity index (χ0) is 17.3. The number of nitrogens with zero attached hydrogens (tertiary/aromatic N) is 4. The lowest BCUT2D eigenvalue weighted by Crippen LogP contribution is -2.46. The molecule has 0 unspecified atom stereocenters. The minimum atomic E-state index is 0.713. The minimum absolute atomic E-state index is 0.713. The molecule has 0 saturated carbocycles. The van der Waals surface area contributed by atoms with Gasteiger partial charge in [-0.1, -0.05) is 12.1 Å². The van der Waals surface area contributed by atoms with Gasteiger partial charge in [0, 0.05) is 32.4 Å². The Labute approximate surface area is 150 Å². The van der Waals surface area contributed by atoms with Crippen LogP contribution in [-0.2, 0) is 6.54 Å². The molecule has 1 saturated heterocycles. The van der Waals surface area contributed by atoms with E-state index in [4.69, 9.17) is 8.83 Å².